The summed E-state index contributed by atoms with van der Waals surface area (Å²) in [6.45, 7) is 4.23. The van der Waals surface area contributed by atoms with Crippen LogP contribution in [0.4, 0.5) is 0 Å². The molecule has 0 bridgehead atoms. The first-order chi connectivity index (χ1) is 10.9. The zero-order valence-electron chi connectivity index (χ0n) is 13.0. The Hall–Kier alpha value is -1.88. The van der Waals surface area contributed by atoms with Gasteiger partial charge in [0.15, 0.2) is 0 Å². The van der Waals surface area contributed by atoms with Crippen LogP contribution in [0.5, 0.6) is 11.8 Å². The van der Waals surface area contributed by atoms with Crippen LogP contribution in [0, 0.1) is 0 Å². The van der Waals surface area contributed by atoms with Crippen molar-refractivity contribution < 1.29 is 9.47 Å². The van der Waals surface area contributed by atoms with Crippen molar-refractivity contribution in [3.8, 4) is 11.8 Å². The molecule has 1 atom stereocenters. The van der Waals surface area contributed by atoms with Crippen molar-refractivity contribution in [1.29, 1.82) is 0 Å². The molecule has 1 aliphatic rings. The van der Waals surface area contributed by atoms with Gasteiger partial charge in [-0.15, -0.1) is 0 Å². The maximum atomic E-state index is 5.86. The van der Waals surface area contributed by atoms with Gasteiger partial charge < -0.3 is 14.8 Å². The number of para-hydroxylation sites is 2. The van der Waals surface area contributed by atoms with Crippen LogP contribution in [0.25, 0.3) is 11.0 Å². The SMILES string of the molecule is CCOc1nc2ccccc2nc1OCCC1CCCCN1. The van der Waals surface area contributed by atoms with Crippen molar-refractivity contribution >= 4 is 11.0 Å². The molecular weight excluding hydrogens is 278 g/mol. The zero-order valence-corrected chi connectivity index (χ0v) is 13.0. The fourth-order valence-corrected chi connectivity index (χ4v) is 2.76. The quantitative estimate of drug-likeness (QED) is 0.889. The lowest BCUT2D eigenvalue weighted by atomic mass is 10.0. The summed E-state index contributed by atoms with van der Waals surface area (Å²) < 4.78 is 11.4. The Kier molecular flexibility index (Phi) is 5.06. The Morgan fingerprint density at radius 1 is 1.09 bits per heavy atom. The highest BCUT2D eigenvalue weighted by molar-refractivity contribution is 5.75. The highest BCUT2D eigenvalue weighted by Gasteiger charge is 2.15. The second-order valence-electron chi connectivity index (χ2n) is 5.54. The van der Waals surface area contributed by atoms with Gasteiger partial charge in [0, 0.05) is 6.04 Å². The topological polar surface area (TPSA) is 56.3 Å². The summed E-state index contributed by atoms with van der Waals surface area (Å²) in [5.41, 5.74) is 1.66. The summed E-state index contributed by atoms with van der Waals surface area (Å²) in [4.78, 5) is 9.05. The molecule has 0 saturated carbocycles. The lowest BCUT2D eigenvalue weighted by Crippen LogP contribution is -2.35. The Bertz CT molecular complexity index is 612. The standard InChI is InChI=1S/C17H23N3O2/c1-2-21-16-17(20-15-9-4-3-8-14(15)19-16)22-12-10-13-7-5-6-11-18-13/h3-4,8-9,13,18H,2,5-7,10-12H2,1H3. The van der Waals surface area contributed by atoms with Gasteiger partial charge in [-0.25, -0.2) is 9.97 Å². The lowest BCUT2D eigenvalue weighted by Gasteiger charge is -2.23. The van der Waals surface area contributed by atoms with E-state index < -0.39 is 0 Å². The van der Waals surface area contributed by atoms with Gasteiger partial charge in [-0.2, -0.15) is 0 Å². The van der Waals surface area contributed by atoms with Crippen molar-refractivity contribution in [2.75, 3.05) is 19.8 Å². The first-order valence-corrected chi connectivity index (χ1v) is 8.12. The molecule has 1 aliphatic heterocycles. The number of piperidine rings is 1. The van der Waals surface area contributed by atoms with Crippen LogP contribution < -0.4 is 14.8 Å². The van der Waals surface area contributed by atoms with Gasteiger partial charge in [0.2, 0.25) is 0 Å². The number of benzene rings is 1. The molecule has 0 amide bonds. The van der Waals surface area contributed by atoms with Crippen molar-refractivity contribution in [3.63, 3.8) is 0 Å². The summed E-state index contributed by atoms with van der Waals surface area (Å²) in [6.07, 6.45) is 4.80. The van der Waals surface area contributed by atoms with E-state index in [2.05, 4.69) is 15.3 Å². The predicted octanol–water partition coefficient (Wildman–Crippen LogP) is 2.94. The van der Waals surface area contributed by atoms with E-state index in [-0.39, 0.29) is 0 Å². The third kappa shape index (κ3) is 3.65. The van der Waals surface area contributed by atoms with Crippen molar-refractivity contribution in [1.82, 2.24) is 15.3 Å². The molecule has 1 saturated heterocycles. The van der Waals surface area contributed by atoms with Gasteiger partial charge in [0.1, 0.15) is 0 Å². The molecule has 22 heavy (non-hydrogen) atoms. The molecule has 1 aromatic heterocycles. The van der Waals surface area contributed by atoms with Crippen LogP contribution in [0.3, 0.4) is 0 Å². The first-order valence-electron chi connectivity index (χ1n) is 8.12. The minimum Gasteiger partial charge on any atom is -0.474 e. The highest BCUT2D eigenvalue weighted by Crippen LogP contribution is 2.26. The number of aromatic nitrogens is 2. The fraction of sp³-hybridized carbons (Fsp3) is 0.529. The van der Waals surface area contributed by atoms with E-state index in [1.165, 1.54) is 19.3 Å². The van der Waals surface area contributed by atoms with E-state index in [9.17, 15) is 0 Å². The van der Waals surface area contributed by atoms with Crippen LogP contribution in [-0.4, -0.2) is 35.8 Å². The Morgan fingerprint density at radius 3 is 2.45 bits per heavy atom. The molecule has 118 valence electrons. The van der Waals surface area contributed by atoms with Gasteiger partial charge in [-0.3, -0.25) is 0 Å². The molecule has 0 aliphatic carbocycles. The van der Waals surface area contributed by atoms with Crippen molar-refractivity contribution in [2.45, 2.75) is 38.6 Å². The van der Waals surface area contributed by atoms with Gasteiger partial charge in [0.05, 0.1) is 24.2 Å². The van der Waals surface area contributed by atoms with Gasteiger partial charge in [-0.05, 0) is 44.9 Å². The van der Waals surface area contributed by atoms with E-state index in [0.29, 0.717) is 31.0 Å². The van der Waals surface area contributed by atoms with E-state index >= 15 is 0 Å². The molecule has 0 spiro atoms. The second-order valence-corrected chi connectivity index (χ2v) is 5.54. The molecular formula is C17H23N3O2. The number of rotatable bonds is 6. The van der Waals surface area contributed by atoms with Crippen LogP contribution >= 0.6 is 0 Å². The minimum absolute atomic E-state index is 0.484. The zero-order chi connectivity index (χ0) is 15.2. The highest BCUT2D eigenvalue weighted by atomic mass is 16.5. The lowest BCUT2D eigenvalue weighted by molar-refractivity contribution is 0.237. The minimum atomic E-state index is 0.484. The number of hydrogen-bond donors (Lipinski definition) is 1. The molecule has 2 aromatic rings. The average Bonchev–Trinajstić information content (AvgIpc) is 2.56. The van der Waals surface area contributed by atoms with Gasteiger partial charge >= 0.3 is 0 Å². The van der Waals surface area contributed by atoms with Crippen molar-refractivity contribution in [2.24, 2.45) is 0 Å². The number of fused-ring (bicyclic) bond motifs is 1. The predicted molar refractivity (Wildman–Crippen MR) is 86.5 cm³/mol. The summed E-state index contributed by atoms with van der Waals surface area (Å²) >= 11 is 0. The molecule has 5 nitrogen and oxygen atoms in total. The number of nitrogens with zero attached hydrogens (tertiary/aromatic N) is 2. The Labute approximate surface area is 131 Å². The monoisotopic (exact) mass is 301 g/mol. The van der Waals surface area contributed by atoms with Crippen LogP contribution in [0.1, 0.15) is 32.6 Å². The van der Waals surface area contributed by atoms with E-state index in [1.807, 2.05) is 31.2 Å². The summed E-state index contributed by atoms with van der Waals surface area (Å²) in [6, 6.07) is 8.32. The van der Waals surface area contributed by atoms with Crippen LogP contribution in [-0.2, 0) is 0 Å². The number of nitrogens with one attached hydrogen (secondary N) is 1. The summed E-state index contributed by atoms with van der Waals surface area (Å²) in [5, 5.41) is 3.53. The molecule has 5 heteroatoms. The van der Waals surface area contributed by atoms with Gasteiger partial charge in [-0.1, -0.05) is 18.6 Å². The maximum Gasteiger partial charge on any atom is 0.278 e. The third-order valence-corrected chi connectivity index (χ3v) is 3.91. The molecule has 2 heterocycles. The normalized spacial score (nSPS) is 18.3. The Morgan fingerprint density at radius 2 is 1.82 bits per heavy atom. The molecule has 1 N–H and O–H groups in total. The summed E-state index contributed by atoms with van der Waals surface area (Å²) in [5.74, 6) is 0.981. The summed E-state index contributed by atoms with van der Waals surface area (Å²) in [7, 11) is 0. The largest absolute Gasteiger partial charge is 0.474 e. The van der Waals surface area contributed by atoms with E-state index in [0.717, 1.165) is 24.0 Å². The maximum absolute atomic E-state index is 5.86. The number of hydrogen-bond acceptors (Lipinski definition) is 5. The molecule has 1 unspecified atom stereocenters. The first kappa shape index (κ1) is 15.0. The van der Waals surface area contributed by atoms with Crippen LogP contribution in [0.15, 0.2) is 24.3 Å². The molecule has 1 aromatic carbocycles. The van der Waals surface area contributed by atoms with Gasteiger partial charge in [0.25, 0.3) is 11.8 Å². The van der Waals surface area contributed by atoms with E-state index in [4.69, 9.17) is 9.47 Å². The Balaban J connectivity index is 1.69. The third-order valence-electron chi connectivity index (χ3n) is 3.91. The second kappa shape index (κ2) is 7.40. The molecule has 0 radical (unpaired) electrons. The van der Waals surface area contributed by atoms with Crippen molar-refractivity contribution in [3.05, 3.63) is 24.3 Å². The smallest absolute Gasteiger partial charge is 0.278 e. The molecule has 1 fully saturated rings. The fourth-order valence-electron chi connectivity index (χ4n) is 2.76. The number of ether oxygens (including phenoxy) is 2. The average molecular weight is 301 g/mol. The molecule has 3 rings (SSSR count). The van der Waals surface area contributed by atoms with Crippen LogP contribution in [0.2, 0.25) is 0 Å². The van der Waals surface area contributed by atoms with E-state index in [1.54, 1.807) is 0 Å².